The van der Waals surface area contributed by atoms with Crippen LogP contribution < -0.4 is 4.90 Å². The van der Waals surface area contributed by atoms with Crippen LogP contribution in [0.3, 0.4) is 0 Å². The van der Waals surface area contributed by atoms with Gasteiger partial charge in [0, 0.05) is 36.7 Å². The fourth-order valence-corrected chi connectivity index (χ4v) is 4.91. The average Bonchev–Trinajstić information content (AvgIpc) is 3.49. The summed E-state index contributed by atoms with van der Waals surface area (Å²) < 4.78 is 1.96. The molecule has 0 bridgehead atoms. The molecule has 0 aliphatic carbocycles. The topological polar surface area (TPSA) is 50.1 Å². The zero-order valence-electron chi connectivity index (χ0n) is 17.6. The van der Waals surface area contributed by atoms with Crippen LogP contribution in [0, 0.1) is 6.92 Å². The smallest absolute Gasteiger partial charge is 0.173 e. The minimum Gasteiger partial charge on any atom is -0.369 e. The van der Waals surface area contributed by atoms with Crippen molar-refractivity contribution < 1.29 is 0 Å². The van der Waals surface area contributed by atoms with E-state index in [0.717, 1.165) is 32.0 Å². The van der Waals surface area contributed by atoms with Gasteiger partial charge >= 0.3 is 0 Å². The summed E-state index contributed by atoms with van der Waals surface area (Å²) in [5, 5.41) is 15.0. The number of hydrogen-bond acceptors (Lipinski definition) is 6. The van der Waals surface area contributed by atoms with Crippen molar-refractivity contribution in [1.82, 2.24) is 25.1 Å². The highest BCUT2D eigenvalue weighted by molar-refractivity contribution is 7.09. The van der Waals surface area contributed by atoms with Gasteiger partial charge in [-0.25, -0.2) is 4.68 Å². The highest BCUT2D eigenvalue weighted by Crippen LogP contribution is 2.30. The first kappa shape index (κ1) is 19.9. The van der Waals surface area contributed by atoms with Crippen molar-refractivity contribution in [3.05, 3.63) is 93.9 Å². The summed E-state index contributed by atoms with van der Waals surface area (Å²) in [4.78, 5) is 6.23. The summed E-state index contributed by atoms with van der Waals surface area (Å²) in [6.45, 7) is 6.71. The Hall–Kier alpha value is -3.03. The number of anilines is 1. The van der Waals surface area contributed by atoms with Crippen molar-refractivity contribution in [2.24, 2.45) is 0 Å². The van der Waals surface area contributed by atoms with Crippen LogP contribution in [-0.2, 0) is 6.54 Å². The molecule has 31 heavy (non-hydrogen) atoms. The van der Waals surface area contributed by atoms with E-state index in [2.05, 4.69) is 104 Å². The van der Waals surface area contributed by atoms with Crippen LogP contribution in [-0.4, -0.2) is 51.3 Å². The third kappa shape index (κ3) is 4.38. The lowest BCUT2D eigenvalue weighted by atomic mass is 10.0. The van der Waals surface area contributed by atoms with Crippen LogP contribution in [0.25, 0.3) is 0 Å². The molecule has 2 aromatic carbocycles. The highest BCUT2D eigenvalue weighted by atomic mass is 32.1. The molecule has 3 heterocycles. The summed E-state index contributed by atoms with van der Waals surface area (Å²) in [7, 11) is 0. The van der Waals surface area contributed by atoms with E-state index in [1.807, 2.05) is 4.68 Å². The van der Waals surface area contributed by atoms with Crippen LogP contribution in [0.5, 0.6) is 0 Å². The fourth-order valence-electron chi connectivity index (χ4n) is 4.22. The number of aryl methyl sites for hydroxylation is 1. The number of thiophene rings is 1. The Kier molecular flexibility index (Phi) is 5.78. The minimum absolute atomic E-state index is 0.0356. The number of hydrogen-bond donors (Lipinski definition) is 0. The summed E-state index contributed by atoms with van der Waals surface area (Å²) in [6.07, 6.45) is 0. The Morgan fingerprint density at radius 3 is 2.39 bits per heavy atom. The normalized spacial score (nSPS) is 15.8. The molecule has 1 aliphatic heterocycles. The average molecular weight is 431 g/mol. The molecule has 5 rings (SSSR count). The predicted octanol–water partition coefficient (Wildman–Crippen LogP) is 4.00. The standard InChI is InChI=1S/C24H26N6S/c1-19-9-11-20(12-10-19)23(24-25-26-27-30(24)18-22-8-5-17-31-22)29-15-13-28(14-16-29)21-6-3-2-4-7-21/h2-12,17,23H,13-16,18H2,1H3/t23-/m0/s1. The maximum atomic E-state index is 4.50. The van der Waals surface area contributed by atoms with Gasteiger partial charge in [-0.1, -0.05) is 54.1 Å². The first-order valence-corrected chi connectivity index (χ1v) is 11.5. The monoisotopic (exact) mass is 430 g/mol. The molecule has 0 spiro atoms. The van der Waals surface area contributed by atoms with Gasteiger partial charge in [-0.2, -0.15) is 0 Å². The Labute approximate surface area is 186 Å². The largest absolute Gasteiger partial charge is 0.369 e. The third-order valence-electron chi connectivity index (χ3n) is 5.88. The number of benzene rings is 2. The lowest BCUT2D eigenvalue weighted by Gasteiger charge is -2.40. The molecule has 7 heteroatoms. The van der Waals surface area contributed by atoms with Crippen LogP contribution in [0.2, 0.25) is 0 Å². The molecule has 1 saturated heterocycles. The Balaban J connectivity index is 1.43. The van der Waals surface area contributed by atoms with Gasteiger partial charge in [0.2, 0.25) is 0 Å². The number of para-hydroxylation sites is 1. The lowest BCUT2D eigenvalue weighted by Crippen LogP contribution is -2.48. The van der Waals surface area contributed by atoms with Crippen molar-refractivity contribution in [3.63, 3.8) is 0 Å². The molecule has 1 fully saturated rings. The number of tetrazole rings is 1. The second-order valence-corrected chi connectivity index (χ2v) is 8.98. The summed E-state index contributed by atoms with van der Waals surface area (Å²) in [5.74, 6) is 0.908. The van der Waals surface area contributed by atoms with Crippen molar-refractivity contribution in [2.75, 3.05) is 31.1 Å². The van der Waals surface area contributed by atoms with Crippen LogP contribution in [0.15, 0.2) is 72.1 Å². The van der Waals surface area contributed by atoms with E-state index in [-0.39, 0.29) is 6.04 Å². The number of aromatic nitrogens is 4. The van der Waals surface area contributed by atoms with Gasteiger partial charge in [0.05, 0.1) is 12.6 Å². The zero-order valence-corrected chi connectivity index (χ0v) is 18.4. The molecule has 0 saturated carbocycles. The van der Waals surface area contributed by atoms with Gasteiger partial charge in [-0.05, 0) is 46.5 Å². The van der Waals surface area contributed by atoms with E-state index in [0.29, 0.717) is 6.54 Å². The molecule has 0 N–H and O–H groups in total. The van der Waals surface area contributed by atoms with E-state index in [1.54, 1.807) is 11.3 Å². The maximum Gasteiger partial charge on any atom is 0.173 e. The van der Waals surface area contributed by atoms with E-state index < -0.39 is 0 Å². The number of nitrogens with zero attached hydrogens (tertiary/aromatic N) is 6. The minimum atomic E-state index is 0.0356. The first-order chi connectivity index (χ1) is 15.3. The van der Waals surface area contributed by atoms with Gasteiger partial charge < -0.3 is 4.90 Å². The van der Waals surface area contributed by atoms with Crippen LogP contribution in [0.1, 0.15) is 27.9 Å². The van der Waals surface area contributed by atoms with Crippen molar-refractivity contribution >= 4 is 17.0 Å². The van der Waals surface area contributed by atoms with Gasteiger partial charge in [-0.15, -0.1) is 16.4 Å². The van der Waals surface area contributed by atoms with E-state index >= 15 is 0 Å². The van der Waals surface area contributed by atoms with Gasteiger partial charge in [0.25, 0.3) is 0 Å². The summed E-state index contributed by atoms with van der Waals surface area (Å²) in [5.41, 5.74) is 3.78. The molecule has 158 valence electrons. The van der Waals surface area contributed by atoms with Gasteiger partial charge in [0.1, 0.15) is 0 Å². The van der Waals surface area contributed by atoms with Crippen LogP contribution >= 0.6 is 11.3 Å². The quantitative estimate of drug-likeness (QED) is 0.463. The molecular formula is C24H26N6S. The molecule has 6 nitrogen and oxygen atoms in total. The van der Waals surface area contributed by atoms with Gasteiger partial charge in [-0.3, -0.25) is 4.90 Å². The number of rotatable bonds is 6. The van der Waals surface area contributed by atoms with Gasteiger partial charge in [0.15, 0.2) is 5.82 Å². The molecular weight excluding hydrogens is 404 g/mol. The van der Waals surface area contributed by atoms with Crippen molar-refractivity contribution in [3.8, 4) is 0 Å². The Morgan fingerprint density at radius 2 is 1.68 bits per heavy atom. The van der Waals surface area contributed by atoms with Crippen molar-refractivity contribution in [2.45, 2.75) is 19.5 Å². The SMILES string of the molecule is Cc1ccc([C@@H](c2nnnn2Cc2cccs2)N2CCN(c3ccccc3)CC2)cc1. The predicted molar refractivity (Wildman–Crippen MR) is 124 cm³/mol. The van der Waals surface area contributed by atoms with E-state index in [4.69, 9.17) is 0 Å². The molecule has 1 atom stereocenters. The molecule has 0 radical (unpaired) electrons. The lowest BCUT2D eigenvalue weighted by molar-refractivity contribution is 0.201. The fraction of sp³-hybridized carbons (Fsp3) is 0.292. The first-order valence-electron chi connectivity index (χ1n) is 10.7. The summed E-state index contributed by atoms with van der Waals surface area (Å²) in [6, 6.07) is 23.7. The second kappa shape index (κ2) is 8.99. The third-order valence-corrected chi connectivity index (χ3v) is 6.74. The molecule has 1 aliphatic rings. The summed E-state index contributed by atoms with van der Waals surface area (Å²) >= 11 is 1.74. The maximum absolute atomic E-state index is 4.50. The van der Waals surface area contributed by atoms with E-state index in [9.17, 15) is 0 Å². The molecule has 4 aromatic rings. The Morgan fingerprint density at radius 1 is 0.903 bits per heavy atom. The second-order valence-electron chi connectivity index (χ2n) is 7.95. The molecule has 0 unspecified atom stereocenters. The zero-order chi connectivity index (χ0) is 21.0. The highest BCUT2D eigenvalue weighted by Gasteiger charge is 2.30. The Bertz CT molecular complexity index is 1080. The molecule has 0 amide bonds. The van der Waals surface area contributed by atoms with Crippen LogP contribution in [0.4, 0.5) is 5.69 Å². The van der Waals surface area contributed by atoms with Crippen molar-refractivity contribution in [1.29, 1.82) is 0 Å². The number of piperazine rings is 1. The van der Waals surface area contributed by atoms with E-state index in [1.165, 1.54) is 21.7 Å². The molecule has 2 aromatic heterocycles.